The van der Waals surface area contributed by atoms with E-state index in [0.717, 1.165) is 11.2 Å². The molecule has 43 heteroatoms. The summed E-state index contributed by atoms with van der Waals surface area (Å²) in [5.74, 6) is -17.7. The van der Waals surface area contributed by atoms with Gasteiger partial charge in [0.1, 0.15) is 55.8 Å². The van der Waals surface area contributed by atoms with Crippen LogP contribution in [0.2, 0.25) is 0 Å². The number of halogens is 6. The highest BCUT2D eigenvalue weighted by Gasteiger charge is 2.49. The van der Waals surface area contributed by atoms with Gasteiger partial charge >= 0.3 is 32.4 Å². The number of primary amides is 1. The van der Waals surface area contributed by atoms with E-state index in [2.05, 4.69) is 73.5 Å². The summed E-state index contributed by atoms with van der Waals surface area (Å²) in [6.07, 6.45) is -4.16. The lowest BCUT2D eigenvalue weighted by molar-refractivity contribution is -0.136. The fourth-order valence-corrected chi connectivity index (χ4v) is 13.0. The quantitative estimate of drug-likeness (QED) is 0.00319. The Morgan fingerprint density at radius 3 is 2.18 bits per heavy atom. The molecule has 2 unspecified atom stereocenters. The van der Waals surface area contributed by atoms with Crippen molar-refractivity contribution in [3.05, 3.63) is 84.2 Å². The summed E-state index contributed by atoms with van der Waals surface area (Å²) in [6, 6.07) is 2.94. The van der Waals surface area contributed by atoms with Crippen molar-refractivity contribution in [3.63, 3.8) is 0 Å². The highest BCUT2D eigenvalue weighted by Crippen LogP contribution is 2.58. The van der Waals surface area contributed by atoms with Gasteiger partial charge in [0.05, 0.1) is 63.3 Å². The van der Waals surface area contributed by atoms with Crippen molar-refractivity contribution in [3.8, 4) is 5.75 Å². The molecular formula is C58H72F6N16O18P2S. The van der Waals surface area contributed by atoms with E-state index in [1.807, 2.05) is 6.92 Å². The van der Waals surface area contributed by atoms with Crippen LogP contribution in [-0.2, 0) is 67.6 Å². The number of nitrogens with two attached hydrogens (primary N) is 2. The summed E-state index contributed by atoms with van der Waals surface area (Å²) in [6.45, 7) is -1.11. The third-order valence-corrected chi connectivity index (χ3v) is 18.8. The number of likely N-dealkylation sites (N-methyl/N-ethyl adjacent to an activating group) is 1. The maximum atomic E-state index is 16.2. The second-order valence-electron chi connectivity index (χ2n) is 23.1. The molecule has 2 aromatic carbocycles. The van der Waals surface area contributed by atoms with E-state index in [0.29, 0.717) is 31.2 Å². The maximum absolute atomic E-state index is 16.2. The second-order valence-corrected chi connectivity index (χ2v) is 27.7. The monoisotopic (exact) mass is 1490 g/mol. The fraction of sp³-hybridized carbons (Fsp3) is 0.500. The summed E-state index contributed by atoms with van der Waals surface area (Å²) >= 11 is 3.96. The van der Waals surface area contributed by atoms with Gasteiger partial charge < -0.3 is 80.0 Å². The summed E-state index contributed by atoms with van der Waals surface area (Å²) < 4.78 is 157. The van der Waals surface area contributed by atoms with Gasteiger partial charge in [-0.05, 0) is 49.3 Å². The summed E-state index contributed by atoms with van der Waals surface area (Å²) in [5, 5.41) is 12.8. The number of benzene rings is 2. The van der Waals surface area contributed by atoms with Gasteiger partial charge in [0, 0.05) is 32.1 Å². The van der Waals surface area contributed by atoms with Crippen molar-refractivity contribution < 1.29 is 111 Å². The number of ether oxygens (including phenoxy) is 6. The van der Waals surface area contributed by atoms with Crippen LogP contribution in [0, 0.1) is 35.0 Å². The number of hydrogen-bond donors (Lipinski definition) is 9. The van der Waals surface area contributed by atoms with Crippen molar-refractivity contribution in [1.82, 2.24) is 59.9 Å². The molecule has 0 bridgehead atoms. The number of nitrogens with zero attached hydrogens (tertiary/aromatic N) is 9. The van der Waals surface area contributed by atoms with Gasteiger partial charge in [-0.2, -0.15) is 8.78 Å². The van der Waals surface area contributed by atoms with Gasteiger partial charge in [-0.25, -0.2) is 61.8 Å². The van der Waals surface area contributed by atoms with Gasteiger partial charge in [-0.3, -0.25) is 42.8 Å². The number of imidazole rings is 2. The van der Waals surface area contributed by atoms with Crippen LogP contribution in [-0.4, -0.2) is 180 Å². The highest BCUT2D eigenvalue weighted by molar-refractivity contribution is 8.46. The molecule has 34 nitrogen and oxygen atoms in total. The Kier molecular flexibility index (Phi) is 27.5. The number of anilines is 3. The Labute approximate surface area is 575 Å². The molecule has 0 saturated carbocycles. The number of unbranched alkanes of at least 4 members (excludes halogenated alkanes) is 1. The summed E-state index contributed by atoms with van der Waals surface area (Å²) in [5.41, 5.74) is 11.2. The number of rotatable bonds is 34. The number of thiol groups is 1. The number of amides is 7. The van der Waals surface area contributed by atoms with E-state index in [-0.39, 0.29) is 91.8 Å². The smallest absolute Gasteiger partial charge is 0.412 e. The predicted octanol–water partition coefficient (Wildman–Crippen LogP) is 6.16. The summed E-state index contributed by atoms with van der Waals surface area (Å²) in [7, 11) is -2.13. The zero-order valence-electron chi connectivity index (χ0n) is 54.2. The number of fused-ring (bicyclic) bond motifs is 2. The molecule has 0 spiro atoms. The van der Waals surface area contributed by atoms with E-state index >= 15 is 4.39 Å². The number of nitrogens with one attached hydrogen (secondary N) is 5. The molecule has 4 aromatic heterocycles. The number of urea groups is 1. The average Bonchev–Trinajstić information content (AvgIpc) is 1.66. The number of nitrogen functional groups attached to an aromatic ring is 1. The van der Waals surface area contributed by atoms with E-state index in [4.69, 9.17) is 44.2 Å². The average molecular weight is 1490 g/mol. The fourth-order valence-electron chi connectivity index (χ4n) is 10.4. The lowest BCUT2D eigenvalue weighted by Crippen LogP contribution is -2.54. The lowest BCUT2D eigenvalue weighted by atomic mass is 10.0. The molecular weight excluding hydrogens is 1420 g/mol. The molecule has 2 saturated heterocycles. The van der Waals surface area contributed by atoms with Crippen LogP contribution in [0.5, 0.6) is 5.75 Å². The standard InChI is InChI=1S/C58H72F6N16O18P2S/c1-5-8-32-47(43(64)55(96-32)80-27-72-45-49(65)68-24-70-51(45)80)98-99(88)94-23-33-34(100(89,90)101)21-36(95-33)79-26-73-46-50(69-25-71-52(46)79)77-57(86)92-20-17-78(4)58(87)93-22-29-10-12-30(13-11-29)74-53(83)31(9-6-7-16-67-56(66)85)75-54(84)44(28(2)3)76-35(81)14-18-91-19-15-37(82)97-48-41(62)39(60)38(59)40(61)42(48)63/h10-13,24-28,31-34,36,43-44,47,55,99H,5-9,14-23H2,1-4H3,(H,74,83)(H,75,84)(H,76,81)(H2,65,68,70)(H3,66,67,85)(H2,89,90,101)(H,69,71,77,86)/t31-,32+,33?,34-,36+,43+,44-,47+,55+/m0/s1. The van der Waals surface area contributed by atoms with Crippen LogP contribution < -0.4 is 42.8 Å². The van der Waals surface area contributed by atoms with Crippen molar-refractivity contribution in [2.45, 2.75) is 133 Å². The molecule has 6 aromatic rings. The van der Waals surface area contributed by atoms with E-state index in [9.17, 15) is 69.5 Å². The minimum atomic E-state index is -4.24. The summed E-state index contributed by atoms with van der Waals surface area (Å²) in [4.78, 5) is 126. The molecule has 6 heterocycles. The largest absolute Gasteiger partial charge is 0.447 e. The molecule has 0 radical (unpaired) electrons. The molecule has 2 aliphatic rings. The molecule has 8 rings (SSSR count). The van der Waals surface area contributed by atoms with Crippen LogP contribution in [0.25, 0.3) is 22.3 Å². The van der Waals surface area contributed by atoms with Gasteiger partial charge in [0.15, 0.2) is 40.8 Å². The van der Waals surface area contributed by atoms with Crippen molar-refractivity contribution in [2.75, 3.05) is 62.9 Å². The zero-order chi connectivity index (χ0) is 73.4. The maximum Gasteiger partial charge on any atom is 0.412 e. The molecule has 2 fully saturated rings. The Balaban J connectivity index is 0.763. The topological polar surface area (TPSA) is 450 Å². The van der Waals surface area contributed by atoms with Crippen LogP contribution in [0.4, 0.5) is 58.0 Å². The van der Waals surface area contributed by atoms with E-state index in [1.54, 1.807) is 26.0 Å². The van der Waals surface area contributed by atoms with Crippen LogP contribution >= 0.6 is 27.1 Å². The van der Waals surface area contributed by atoms with Crippen molar-refractivity contribution in [1.29, 1.82) is 0 Å². The molecule has 550 valence electrons. The molecule has 101 heavy (non-hydrogen) atoms. The van der Waals surface area contributed by atoms with Gasteiger partial charge in [-0.15, -0.1) is 0 Å². The predicted molar refractivity (Wildman–Crippen MR) is 345 cm³/mol. The lowest BCUT2D eigenvalue weighted by Gasteiger charge is -2.25. The first-order chi connectivity index (χ1) is 48.0. The zero-order valence-corrected chi connectivity index (χ0v) is 57.0. The molecule has 10 N–H and O–H groups in total. The number of aromatic nitrogens is 8. The molecule has 2 aliphatic heterocycles. The number of carbonyl (C=O) groups is 7. The van der Waals surface area contributed by atoms with Crippen molar-refractivity contribution in [2.24, 2.45) is 11.7 Å². The Hall–Kier alpha value is -8.82. The van der Waals surface area contributed by atoms with Crippen LogP contribution in [0.15, 0.2) is 49.6 Å². The second kappa shape index (κ2) is 35.7. The van der Waals surface area contributed by atoms with Crippen LogP contribution in [0.3, 0.4) is 0 Å². The van der Waals surface area contributed by atoms with Crippen molar-refractivity contribution >= 4 is 109 Å². The Bertz CT molecular complexity index is 4010. The number of hydrogen-bond acceptors (Lipinski definition) is 24. The first kappa shape index (κ1) is 77.9. The molecule has 0 aliphatic carbocycles. The Morgan fingerprint density at radius 1 is 0.832 bits per heavy atom. The Morgan fingerprint density at radius 2 is 1.50 bits per heavy atom. The number of carbonyl (C=O) groups excluding carboxylic acids is 7. The van der Waals surface area contributed by atoms with Gasteiger partial charge in [0.25, 0.3) is 6.57 Å². The van der Waals surface area contributed by atoms with E-state index in [1.165, 1.54) is 47.3 Å². The third kappa shape index (κ3) is 20.5. The minimum Gasteiger partial charge on any atom is -0.447 e. The minimum absolute atomic E-state index is 0.0528. The third-order valence-electron chi connectivity index (χ3n) is 15.6. The van der Waals surface area contributed by atoms with Gasteiger partial charge in [-0.1, -0.05) is 51.6 Å². The highest BCUT2D eigenvalue weighted by atomic mass is 32.7. The SMILES string of the molecule is CCC[C@H]1O[C@@H](n2cnc3c(N)ncnc32)[C@H](F)[C@@H]1O[PH](=O)OCC1O[C@@H](n2cnc3c(NC(=O)OCCN(C)C(=O)OCc4ccc(NC(=O)[C@H](CCCCNC(N)=O)NC(=O)[C@@H](NC(=O)CCOCCC(=O)Oc5c(F)c(F)c(F)c(F)c5F)C(C)C)cc4)ncnc32)C[C@@H]1[P@@](=O)(O)S. The molecule has 11 atom stereocenters. The van der Waals surface area contributed by atoms with Gasteiger partial charge in [0.2, 0.25) is 52.6 Å². The van der Waals surface area contributed by atoms with Crippen LogP contribution in [0.1, 0.15) is 90.2 Å². The first-order valence-corrected chi connectivity index (χ1v) is 35.2. The normalized spacial score (nSPS) is 19.6. The molecule has 7 amide bonds. The number of esters is 1. The number of alkyl halides is 1. The first-order valence-electron chi connectivity index (χ1n) is 31.1. The van der Waals surface area contributed by atoms with E-state index < -0.39 is 172 Å².